The maximum Gasteiger partial charge on any atom is 0.320 e. The predicted molar refractivity (Wildman–Crippen MR) is 66.0 cm³/mol. The fraction of sp³-hybridized carbons (Fsp3) is 0.750. The second kappa shape index (κ2) is 5.06. The van der Waals surface area contributed by atoms with Crippen LogP contribution in [0.5, 0.6) is 0 Å². The van der Waals surface area contributed by atoms with Crippen molar-refractivity contribution in [3.63, 3.8) is 0 Å². The van der Waals surface area contributed by atoms with Gasteiger partial charge in [-0.05, 0) is 32.2 Å². The number of aryl methyl sites for hydroxylation is 1. The number of likely N-dealkylation sites (tertiary alicyclic amines) is 1. The highest BCUT2D eigenvalue weighted by molar-refractivity contribution is 5.73. The van der Waals surface area contributed by atoms with Gasteiger partial charge in [0.2, 0.25) is 0 Å². The first-order valence-corrected chi connectivity index (χ1v) is 6.30. The summed E-state index contributed by atoms with van der Waals surface area (Å²) in [7, 11) is 1.91. The molecule has 0 aromatic carbocycles. The molecule has 0 amide bonds. The predicted octanol–water partition coefficient (Wildman–Crippen LogP) is 0.809. The molecule has 0 aliphatic carbocycles. The Hall–Kier alpha value is -1.43. The summed E-state index contributed by atoms with van der Waals surface area (Å²) in [4.78, 5) is 13.3. The van der Waals surface area contributed by atoms with E-state index >= 15 is 0 Å². The zero-order valence-electron chi connectivity index (χ0n) is 11.1. The van der Waals surface area contributed by atoms with Crippen molar-refractivity contribution in [2.45, 2.75) is 39.3 Å². The van der Waals surface area contributed by atoms with Crippen LogP contribution in [0.2, 0.25) is 0 Å². The van der Waals surface area contributed by atoms with Crippen LogP contribution < -0.4 is 0 Å². The van der Waals surface area contributed by atoms with Gasteiger partial charge in [-0.25, -0.2) is 0 Å². The summed E-state index contributed by atoms with van der Waals surface area (Å²) in [6, 6.07) is -0.397. The molecule has 1 fully saturated rings. The van der Waals surface area contributed by atoms with Gasteiger partial charge in [-0.3, -0.25) is 9.69 Å². The molecule has 2 atom stereocenters. The maximum atomic E-state index is 11.3. The van der Waals surface area contributed by atoms with Gasteiger partial charge in [0.1, 0.15) is 17.7 Å². The molecular formula is C12H20N4O2. The molecule has 2 unspecified atom stereocenters. The van der Waals surface area contributed by atoms with E-state index < -0.39 is 12.0 Å². The standard InChI is InChI=1S/C12H20N4O2/c1-8-4-5-16(10(6-8)12(17)18)7-11-14-13-9(2)15(11)3/h8,10H,4-7H2,1-3H3,(H,17,18). The topological polar surface area (TPSA) is 71.2 Å². The van der Waals surface area contributed by atoms with Gasteiger partial charge in [0.05, 0.1) is 6.54 Å². The minimum Gasteiger partial charge on any atom is -0.480 e. The van der Waals surface area contributed by atoms with Crippen LogP contribution in [-0.4, -0.2) is 43.3 Å². The molecule has 0 bridgehead atoms. The average Bonchev–Trinajstić information content (AvgIpc) is 2.63. The molecule has 1 aliphatic heterocycles. The summed E-state index contributed by atoms with van der Waals surface area (Å²) in [5, 5.41) is 17.4. The van der Waals surface area contributed by atoms with Gasteiger partial charge in [-0.2, -0.15) is 0 Å². The highest BCUT2D eigenvalue weighted by Crippen LogP contribution is 2.24. The van der Waals surface area contributed by atoms with Crippen molar-refractivity contribution in [3.8, 4) is 0 Å². The van der Waals surface area contributed by atoms with E-state index in [9.17, 15) is 9.90 Å². The molecule has 1 N–H and O–H groups in total. The minimum absolute atomic E-state index is 0.397. The molecule has 0 radical (unpaired) electrons. The smallest absolute Gasteiger partial charge is 0.320 e. The van der Waals surface area contributed by atoms with Gasteiger partial charge in [0.15, 0.2) is 0 Å². The van der Waals surface area contributed by atoms with Gasteiger partial charge < -0.3 is 9.67 Å². The monoisotopic (exact) mass is 252 g/mol. The molecule has 1 aromatic rings. The van der Waals surface area contributed by atoms with Gasteiger partial charge in [0, 0.05) is 7.05 Å². The quantitative estimate of drug-likeness (QED) is 0.862. The molecule has 2 heterocycles. The third kappa shape index (κ3) is 2.53. The molecule has 100 valence electrons. The third-order valence-corrected chi connectivity index (χ3v) is 3.79. The van der Waals surface area contributed by atoms with Crippen molar-refractivity contribution in [1.29, 1.82) is 0 Å². The number of aliphatic carboxylic acids is 1. The summed E-state index contributed by atoms with van der Waals surface area (Å²) in [5.74, 6) is 1.42. The second-order valence-corrected chi connectivity index (χ2v) is 5.18. The Balaban J connectivity index is 2.11. The molecule has 0 saturated carbocycles. The van der Waals surface area contributed by atoms with Crippen molar-refractivity contribution >= 4 is 5.97 Å². The Labute approximate surface area is 107 Å². The largest absolute Gasteiger partial charge is 0.480 e. The number of hydrogen-bond donors (Lipinski definition) is 1. The van der Waals surface area contributed by atoms with Crippen molar-refractivity contribution in [1.82, 2.24) is 19.7 Å². The van der Waals surface area contributed by atoms with E-state index in [0.29, 0.717) is 18.9 Å². The van der Waals surface area contributed by atoms with E-state index in [0.717, 1.165) is 24.6 Å². The fourth-order valence-corrected chi connectivity index (χ4v) is 2.41. The number of nitrogens with zero attached hydrogens (tertiary/aromatic N) is 4. The Bertz CT molecular complexity index is 443. The first-order valence-electron chi connectivity index (χ1n) is 6.30. The van der Waals surface area contributed by atoms with E-state index in [1.54, 1.807) is 0 Å². The number of carboxylic acid groups (broad SMARTS) is 1. The summed E-state index contributed by atoms with van der Waals surface area (Å²) in [5.41, 5.74) is 0. The van der Waals surface area contributed by atoms with Crippen LogP contribution in [0.15, 0.2) is 0 Å². The molecule has 0 spiro atoms. The van der Waals surface area contributed by atoms with Crippen LogP contribution in [-0.2, 0) is 18.4 Å². The number of carboxylic acids is 1. The lowest BCUT2D eigenvalue weighted by Crippen LogP contribution is -2.46. The first kappa shape index (κ1) is 13.0. The zero-order valence-corrected chi connectivity index (χ0v) is 11.1. The summed E-state index contributed by atoms with van der Waals surface area (Å²) in [6.07, 6.45) is 1.76. The van der Waals surface area contributed by atoms with E-state index in [2.05, 4.69) is 17.1 Å². The first-order chi connectivity index (χ1) is 8.49. The van der Waals surface area contributed by atoms with E-state index in [4.69, 9.17) is 0 Å². The Morgan fingerprint density at radius 3 is 2.78 bits per heavy atom. The number of aromatic nitrogens is 3. The van der Waals surface area contributed by atoms with Gasteiger partial charge in [-0.1, -0.05) is 6.92 Å². The summed E-state index contributed by atoms with van der Waals surface area (Å²) in [6.45, 7) is 5.37. The van der Waals surface area contributed by atoms with Gasteiger partial charge >= 0.3 is 5.97 Å². The minimum atomic E-state index is -0.736. The molecule has 6 heteroatoms. The fourth-order valence-electron chi connectivity index (χ4n) is 2.41. The second-order valence-electron chi connectivity index (χ2n) is 5.18. The van der Waals surface area contributed by atoms with Gasteiger partial charge in [-0.15, -0.1) is 10.2 Å². The SMILES string of the molecule is Cc1nnc(CN2CCC(C)CC2C(=O)O)n1C. The van der Waals surface area contributed by atoms with Crippen LogP contribution in [0.1, 0.15) is 31.4 Å². The third-order valence-electron chi connectivity index (χ3n) is 3.79. The van der Waals surface area contributed by atoms with Crippen molar-refractivity contribution in [3.05, 3.63) is 11.6 Å². The normalized spacial score (nSPS) is 25.3. The molecule has 6 nitrogen and oxygen atoms in total. The highest BCUT2D eigenvalue weighted by Gasteiger charge is 2.32. The highest BCUT2D eigenvalue weighted by atomic mass is 16.4. The number of piperidine rings is 1. The number of carbonyl (C=O) groups is 1. The molecule has 2 rings (SSSR count). The van der Waals surface area contributed by atoms with Crippen LogP contribution in [0.25, 0.3) is 0 Å². The summed E-state index contributed by atoms with van der Waals surface area (Å²) >= 11 is 0. The number of rotatable bonds is 3. The lowest BCUT2D eigenvalue weighted by molar-refractivity contribution is -0.145. The average molecular weight is 252 g/mol. The summed E-state index contributed by atoms with van der Waals surface area (Å²) < 4.78 is 1.91. The van der Waals surface area contributed by atoms with E-state index in [1.165, 1.54) is 0 Å². The Kier molecular flexibility index (Phi) is 3.65. The maximum absolute atomic E-state index is 11.3. The van der Waals surface area contributed by atoms with Crippen LogP contribution in [0.3, 0.4) is 0 Å². The molecule has 1 aromatic heterocycles. The van der Waals surface area contributed by atoms with Crippen LogP contribution >= 0.6 is 0 Å². The molecule has 1 aliphatic rings. The van der Waals surface area contributed by atoms with Gasteiger partial charge in [0.25, 0.3) is 0 Å². The Morgan fingerprint density at radius 2 is 2.22 bits per heavy atom. The molecule has 1 saturated heterocycles. The van der Waals surface area contributed by atoms with Crippen molar-refractivity contribution < 1.29 is 9.90 Å². The van der Waals surface area contributed by atoms with Crippen LogP contribution in [0, 0.1) is 12.8 Å². The number of hydrogen-bond acceptors (Lipinski definition) is 4. The van der Waals surface area contributed by atoms with E-state index in [1.807, 2.05) is 23.4 Å². The lowest BCUT2D eigenvalue weighted by Gasteiger charge is -2.35. The van der Waals surface area contributed by atoms with Crippen molar-refractivity contribution in [2.24, 2.45) is 13.0 Å². The Morgan fingerprint density at radius 1 is 1.50 bits per heavy atom. The molecular weight excluding hydrogens is 232 g/mol. The molecule has 18 heavy (non-hydrogen) atoms. The lowest BCUT2D eigenvalue weighted by atomic mass is 9.92. The van der Waals surface area contributed by atoms with Crippen molar-refractivity contribution in [2.75, 3.05) is 6.54 Å². The van der Waals surface area contributed by atoms with Crippen LogP contribution in [0.4, 0.5) is 0 Å². The zero-order chi connectivity index (χ0) is 13.3. The van der Waals surface area contributed by atoms with E-state index in [-0.39, 0.29) is 0 Å².